The number of anilines is 1. The first-order valence-corrected chi connectivity index (χ1v) is 7.86. The van der Waals surface area contributed by atoms with Gasteiger partial charge in [0.1, 0.15) is 12.4 Å². The highest BCUT2D eigenvalue weighted by Gasteiger charge is 2.14. The molecule has 1 aromatic carbocycles. The Bertz CT molecular complexity index is 492. The monoisotopic (exact) mass is 304 g/mol. The molecule has 1 amide bonds. The summed E-state index contributed by atoms with van der Waals surface area (Å²) >= 11 is 0. The third kappa shape index (κ3) is 5.76. The minimum atomic E-state index is -1.26. The minimum absolute atomic E-state index is 0.0222. The van der Waals surface area contributed by atoms with Crippen molar-refractivity contribution >= 4 is 17.6 Å². The van der Waals surface area contributed by atoms with Gasteiger partial charge in [0.05, 0.1) is 5.97 Å². The molecule has 0 atom stereocenters. The fourth-order valence-corrected chi connectivity index (χ4v) is 2.81. The first-order chi connectivity index (χ1) is 10.6. The lowest BCUT2D eigenvalue weighted by molar-refractivity contribution is -0.307. The number of aliphatic carboxylic acids is 1. The van der Waals surface area contributed by atoms with Crippen molar-refractivity contribution in [3.8, 4) is 5.75 Å². The van der Waals surface area contributed by atoms with Crippen LogP contribution in [0, 0.1) is 5.92 Å². The quantitative estimate of drug-likeness (QED) is 0.837. The van der Waals surface area contributed by atoms with Gasteiger partial charge in [-0.15, -0.1) is 0 Å². The molecule has 0 heterocycles. The van der Waals surface area contributed by atoms with Crippen molar-refractivity contribution in [2.45, 2.75) is 44.9 Å². The summed E-state index contributed by atoms with van der Waals surface area (Å²) in [5.74, 6) is -0.113. The normalized spacial score (nSPS) is 15.3. The molecule has 1 aliphatic rings. The molecule has 0 aromatic heterocycles. The summed E-state index contributed by atoms with van der Waals surface area (Å²) in [6.45, 7) is -0.479. The molecule has 0 radical (unpaired) electrons. The van der Waals surface area contributed by atoms with E-state index in [9.17, 15) is 14.7 Å². The summed E-state index contributed by atoms with van der Waals surface area (Å²) in [6, 6.07) is 6.64. The van der Waals surface area contributed by atoms with Gasteiger partial charge in [-0.05, 0) is 36.6 Å². The highest BCUT2D eigenvalue weighted by atomic mass is 16.5. The van der Waals surface area contributed by atoms with Crippen molar-refractivity contribution in [1.82, 2.24) is 0 Å². The lowest BCUT2D eigenvalue weighted by atomic mass is 9.86. The van der Waals surface area contributed by atoms with E-state index >= 15 is 0 Å². The maximum Gasteiger partial charge on any atom is 0.224 e. The van der Waals surface area contributed by atoms with Crippen LogP contribution in [0.3, 0.4) is 0 Å². The molecule has 1 N–H and O–H groups in total. The second-order valence-electron chi connectivity index (χ2n) is 5.78. The molecule has 1 aromatic rings. The number of carboxylic acids is 1. The molecule has 0 spiro atoms. The Hall–Kier alpha value is -2.04. The van der Waals surface area contributed by atoms with Crippen LogP contribution in [0.25, 0.3) is 0 Å². The fourth-order valence-electron chi connectivity index (χ4n) is 2.81. The predicted molar refractivity (Wildman–Crippen MR) is 81.4 cm³/mol. The molecule has 0 bridgehead atoms. The third-order valence-electron chi connectivity index (χ3n) is 4.00. The van der Waals surface area contributed by atoms with Gasteiger partial charge in [0.15, 0.2) is 0 Å². The zero-order valence-corrected chi connectivity index (χ0v) is 12.7. The van der Waals surface area contributed by atoms with E-state index in [4.69, 9.17) is 4.74 Å². The number of carboxylic acid groups (broad SMARTS) is 1. The molecule has 5 nitrogen and oxygen atoms in total. The topological polar surface area (TPSA) is 78.5 Å². The van der Waals surface area contributed by atoms with Crippen LogP contribution in [0.4, 0.5) is 5.69 Å². The summed E-state index contributed by atoms with van der Waals surface area (Å²) in [5.41, 5.74) is 0.689. The number of rotatable bonds is 7. The van der Waals surface area contributed by atoms with Gasteiger partial charge in [0.25, 0.3) is 0 Å². The van der Waals surface area contributed by atoms with Crippen LogP contribution in [0.2, 0.25) is 0 Å². The zero-order valence-electron chi connectivity index (χ0n) is 12.7. The van der Waals surface area contributed by atoms with E-state index in [0.717, 1.165) is 6.42 Å². The van der Waals surface area contributed by atoms with Crippen LogP contribution in [0.1, 0.15) is 44.9 Å². The van der Waals surface area contributed by atoms with Gasteiger partial charge in [0.2, 0.25) is 5.91 Å². The van der Waals surface area contributed by atoms with E-state index in [1.807, 2.05) is 0 Å². The van der Waals surface area contributed by atoms with Crippen molar-refractivity contribution in [3.63, 3.8) is 0 Å². The van der Waals surface area contributed by atoms with Crippen LogP contribution in [-0.2, 0) is 9.59 Å². The van der Waals surface area contributed by atoms with E-state index in [0.29, 0.717) is 23.8 Å². The second kappa shape index (κ2) is 8.41. The molecule has 0 aliphatic heterocycles. The summed E-state index contributed by atoms with van der Waals surface area (Å²) in [7, 11) is 0. The van der Waals surface area contributed by atoms with Crippen molar-refractivity contribution in [1.29, 1.82) is 0 Å². The first-order valence-electron chi connectivity index (χ1n) is 7.86. The van der Waals surface area contributed by atoms with Crippen LogP contribution in [-0.4, -0.2) is 18.5 Å². The molecule has 1 fully saturated rings. The van der Waals surface area contributed by atoms with Crippen molar-refractivity contribution in [3.05, 3.63) is 24.3 Å². The molecular formula is C17H22NO4-. The standard InChI is InChI=1S/C17H23NO4/c19-16(11-6-13-4-2-1-3-5-13)18-14-7-9-15(10-8-14)22-12-17(20)21/h7-10,13H,1-6,11-12H2,(H,18,19)(H,20,21)/p-1. The highest BCUT2D eigenvalue weighted by molar-refractivity contribution is 5.90. The summed E-state index contributed by atoms with van der Waals surface area (Å²) < 4.78 is 4.98. The fraction of sp³-hybridized carbons (Fsp3) is 0.529. The zero-order chi connectivity index (χ0) is 15.8. The third-order valence-corrected chi connectivity index (χ3v) is 4.00. The average molecular weight is 304 g/mol. The molecule has 5 heteroatoms. The van der Waals surface area contributed by atoms with Crippen molar-refractivity contribution in [2.75, 3.05) is 11.9 Å². The van der Waals surface area contributed by atoms with Crippen LogP contribution in [0.5, 0.6) is 5.75 Å². The average Bonchev–Trinajstić information content (AvgIpc) is 2.53. The number of hydrogen-bond acceptors (Lipinski definition) is 4. The van der Waals surface area contributed by atoms with E-state index < -0.39 is 12.6 Å². The van der Waals surface area contributed by atoms with E-state index in [1.165, 1.54) is 32.1 Å². The van der Waals surface area contributed by atoms with E-state index in [-0.39, 0.29) is 5.91 Å². The van der Waals surface area contributed by atoms with E-state index in [2.05, 4.69) is 5.32 Å². The summed E-state index contributed by atoms with van der Waals surface area (Å²) in [5, 5.41) is 13.1. The van der Waals surface area contributed by atoms with E-state index in [1.54, 1.807) is 24.3 Å². The SMILES string of the molecule is O=C([O-])COc1ccc(NC(=O)CCC2CCCCC2)cc1. The Morgan fingerprint density at radius 1 is 1.14 bits per heavy atom. The number of carbonyl (C=O) groups is 2. The molecular weight excluding hydrogens is 282 g/mol. The number of ether oxygens (including phenoxy) is 1. The molecule has 120 valence electrons. The molecule has 22 heavy (non-hydrogen) atoms. The van der Waals surface area contributed by atoms with Crippen LogP contribution < -0.4 is 15.2 Å². The Morgan fingerprint density at radius 2 is 1.82 bits per heavy atom. The van der Waals surface area contributed by atoms with Gasteiger partial charge in [-0.1, -0.05) is 32.1 Å². The lowest BCUT2D eigenvalue weighted by Gasteiger charge is -2.21. The minimum Gasteiger partial charge on any atom is -0.546 e. The molecule has 0 saturated heterocycles. The van der Waals surface area contributed by atoms with Crippen LogP contribution >= 0.6 is 0 Å². The Balaban J connectivity index is 1.72. The predicted octanol–water partition coefficient (Wildman–Crippen LogP) is 2.11. The van der Waals surface area contributed by atoms with Crippen LogP contribution in [0.15, 0.2) is 24.3 Å². The highest BCUT2D eigenvalue weighted by Crippen LogP contribution is 2.27. The Kier molecular flexibility index (Phi) is 6.25. The second-order valence-corrected chi connectivity index (χ2v) is 5.78. The van der Waals surface area contributed by atoms with Gasteiger partial charge >= 0.3 is 0 Å². The maximum absolute atomic E-state index is 11.9. The number of carbonyl (C=O) groups excluding carboxylic acids is 2. The van der Waals surface area contributed by atoms with Gasteiger partial charge in [0, 0.05) is 12.1 Å². The number of benzene rings is 1. The van der Waals surface area contributed by atoms with Gasteiger partial charge < -0.3 is 20.0 Å². The Labute approximate surface area is 130 Å². The molecule has 1 saturated carbocycles. The number of hydrogen-bond donors (Lipinski definition) is 1. The van der Waals surface area contributed by atoms with Crippen molar-refractivity contribution in [2.24, 2.45) is 5.92 Å². The number of amides is 1. The maximum atomic E-state index is 11.9. The molecule has 0 unspecified atom stereocenters. The van der Waals surface area contributed by atoms with Gasteiger partial charge in [-0.3, -0.25) is 4.79 Å². The smallest absolute Gasteiger partial charge is 0.224 e. The first kappa shape index (κ1) is 16.3. The van der Waals surface area contributed by atoms with Gasteiger partial charge in [-0.2, -0.15) is 0 Å². The molecule has 1 aliphatic carbocycles. The Morgan fingerprint density at radius 3 is 2.45 bits per heavy atom. The summed E-state index contributed by atoms with van der Waals surface area (Å²) in [4.78, 5) is 22.2. The number of nitrogens with one attached hydrogen (secondary N) is 1. The van der Waals surface area contributed by atoms with Crippen molar-refractivity contribution < 1.29 is 19.4 Å². The lowest BCUT2D eigenvalue weighted by Crippen LogP contribution is -2.28. The summed E-state index contributed by atoms with van der Waals surface area (Å²) in [6.07, 6.45) is 7.91. The molecule has 2 rings (SSSR count). The largest absolute Gasteiger partial charge is 0.546 e. The van der Waals surface area contributed by atoms with Gasteiger partial charge in [-0.25, -0.2) is 0 Å².